The van der Waals surface area contributed by atoms with E-state index in [4.69, 9.17) is 5.73 Å². The Bertz CT molecular complexity index is 824. The molecule has 2 aliphatic heterocycles. The van der Waals surface area contributed by atoms with Crippen LogP contribution in [0.1, 0.15) is 57.2 Å². The lowest BCUT2D eigenvalue weighted by atomic mass is 9.69. The molecule has 0 saturated heterocycles. The van der Waals surface area contributed by atoms with Gasteiger partial charge in [0, 0.05) is 24.2 Å². The van der Waals surface area contributed by atoms with Gasteiger partial charge < -0.3 is 10.6 Å². The van der Waals surface area contributed by atoms with E-state index in [1.807, 2.05) is 6.21 Å². The highest BCUT2D eigenvalue weighted by Gasteiger charge is 2.39. The van der Waals surface area contributed by atoms with E-state index in [1.165, 1.54) is 41.0 Å². The average Bonchev–Trinajstić information content (AvgIpc) is 2.98. The molecule has 0 saturated carbocycles. The second-order valence-corrected chi connectivity index (χ2v) is 9.53. The number of thiazole rings is 1. The number of rotatable bonds is 3. The molecule has 5 nitrogen and oxygen atoms in total. The van der Waals surface area contributed by atoms with Crippen molar-refractivity contribution in [2.75, 3.05) is 29.1 Å². The fraction of sp³-hybridized carbons (Fsp3) is 0.500. The number of aromatic nitrogens is 1. The van der Waals surface area contributed by atoms with Crippen LogP contribution in [0.5, 0.6) is 0 Å². The molecule has 0 aliphatic carbocycles. The summed E-state index contributed by atoms with van der Waals surface area (Å²) in [7, 11) is 0. The molecule has 2 aromatic rings. The molecule has 138 valence electrons. The van der Waals surface area contributed by atoms with Gasteiger partial charge in [-0.05, 0) is 52.5 Å². The molecule has 1 aromatic carbocycles. The smallest absolute Gasteiger partial charge is 0.205 e. The van der Waals surface area contributed by atoms with E-state index >= 15 is 0 Å². The Labute approximate surface area is 159 Å². The van der Waals surface area contributed by atoms with Crippen molar-refractivity contribution in [3.05, 3.63) is 34.2 Å². The molecule has 26 heavy (non-hydrogen) atoms. The lowest BCUT2D eigenvalue weighted by Crippen LogP contribution is -2.44. The summed E-state index contributed by atoms with van der Waals surface area (Å²) in [5.41, 5.74) is 14.5. The molecule has 0 fully saturated rings. The molecule has 0 atom stereocenters. The Kier molecular flexibility index (Phi) is 3.99. The van der Waals surface area contributed by atoms with Crippen molar-refractivity contribution >= 4 is 34.2 Å². The maximum atomic E-state index is 5.66. The van der Waals surface area contributed by atoms with Gasteiger partial charge >= 0.3 is 0 Å². The third-order valence-electron chi connectivity index (χ3n) is 5.82. The lowest BCUT2D eigenvalue weighted by molar-refractivity contribution is 0.401. The van der Waals surface area contributed by atoms with Crippen LogP contribution < -0.4 is 16.1 Å². The Balaban J connectivity index is 1.73. The van der Waals surface area contributed by atoms with Gasteiger partial charge in [0.05, 0.1) is 6.21 Å². The van der Waals surface area contributed by atoms with Crippen LogP contribution in [0.3, 0.4) is 0 Å². The van der Waals surface area contributed by atoms with Crippen LogP contribution in [-0.4, -0.2) is 24.3 Å². The number of nitrogens with two attached hydrogens (primary N) is 1. The van der Waals surface area contributed by atoms with Gasteiger partial charge in [-0.25, -0.2) is 4.98 Å². The van der Waals surface area contributed by atoms with Gasteiger partial charge in [-0.2, -0.15) is 5.10 Å². The summed E-state index contributed by atoms with van der Waals surface area (Å²) in [6, 6.07) is 4.63. The van der Waals surface area contributed by atoms with Gasteiger partial charge in [0.2, 0.25) is 5.13 Å². The first-order valence-corrected chi connectivity index (χ1v) is 10.1. The zero-order valence-corrected chi connectivity index (χ0v) is 16.8. The first-order chi connectivity index (χ1) is 12.3. The van der Waals surface area contributed by atoms with Crippen LogP contribution in [0.25, 0.3) is 0 Å². The largest absolute Gasteiger partial charge is 0.383 e. The van der Waals surface area contributed by atoms with Crippen molar-refractivity contribution in [3.8, 4) is 0 Å². The molecule has 0 bridgehead atoms. The summed E-state index contributed by atoms with van der Waals surface area (Å²) < 4.78 is 0. The van der Waals surface area contributed by atoms with Crippen LogP contribution in [0.4, 0.5) is 16.6 Å². The van der Waals surface area contributed by atoms with Crippen molar-refractivity contribution in [1.29, 1.82) is 0 Å². The van der Waals surface area contributed by atoms with Crippen LogP contribution in [0.2, 0.25) is 0 Å². The Morgan fingerprint density at radius 2 is 1.77 bits per heavy atom. The number of nitrogens with one attached hydrogen (secondary N) is 1. The molecule has 6 heteroatoms. The van der Waals surface area contributed by atoms with Crippen molar-refractivity contribution in [1.82, 2.24) is 4.98 Å². The molecule has 1 aromatic heterocycles. The molecular weight excluding hydrogens is 342 g/mol. The number of nitrogens with zero attached hydrogens (tertiary/aromatic N) is 3. The maximum Gasteiger partial charge on any atom is 0.205 e. The third kappa shape index (κ3) is 2.96. The lowest BCUT2D eigenvalue weighted by Gasteiger charge is -2.48. The van der Waals surface area contributed by atoms with Crippen molar-refractivity contribution < 1.29 is 0 Å². The second kappa shape index (κ2) is 5.98. The second-order valence-electron chi connectivity index (χ2n) is 8.67. The van der Waals surface area contributed by atoms with Crippen LogP contribution in [0.15, 0.2) is 22.6 Å². The predicted molar refractivity (Wildman–Crippen MR) is 112 cm³/mol. The number of benzene rings is 1. The fourth-order valence-corrected chi connectivity index (χ4v) is 4.59. The number of hydrazone groups is 1. The first kappa shape index (κ1) is 17.3. The highest BCUT2D eigenvalue weighted by atomic mass is 32.1. The van der Waals surface area contributed by atoms with Crippen LogP contribution in [0, 0.1) is 0 Å². The van der Waals surface area contributed by atoms with Crippen molar-refractivity contribution in [2.45, 2.75) is 51.4 Å². The minimum Gasteiger partial charge on any atom is -0.383 e. The third-order valence-corrected chi connectivity index (χ3v) is 6.58. The van der Waals surface area contributed by atoms with Gasteiger partial charge in [0.25, 0.3) is 0 Å². The van der Waals surface area contributed by atoms with Gasteiger partial charge in [-0.1, -0.05) is 27.7 Å². The molecule has 0 unspecified atom stereocenters. The van der Waals surface area contributed by atoms with E-state index in [0.29, 0.717) is 10.9 Å². The molecule has 2 aliphatic rings. The summed E-state index contributed by atoms with van der Waals surface area (Å²) in [4.78, 5) is 6.76. The van der Waals surface area contributed by atoms with Crippen molar-refractivity contribution in [2.24, 2.45) is 5.10 Å². The predicted octanol–water partition coefficient (Wildman–Crippen LogP) is 4.34. The van der Waals surface area contributed by atoms with Crippen LogP contribution >= 0.6 is 11.3 Å². The van der Waals surface area contributed by atoms with E-state index in [1.54, 1.807) is 5.38 Å². The van der Waals surface area contributed by atoms with Gasteiger partial charge in [-0.3, -0.25) is 5.43 Å². The Hall–Kier alpha value is -2.08. The minimum atomic E-state index is 0.190. The highest BCUT2D eigenvalue weighted by Crippen LogP contribution is 2.49. The molecule has 0 spiro atoms. The summed E-state index contributed by atoms with van der Waals surface area (Å²) >= 11 is 1.46. The standard InChI is InChI=1S/C20H27N5S/c1-19(2)5-7-25-8-6-20(3,4)15-10-13(9-14(19)17(15)25)11-22-24-18-23-16(21)12-26-18/h9-12H,5-8,21H2,1-4H3,(H,23,24). The molecule has 3 N–H and O–H groups in total. The number of hydrogen-bond acceptors (Lipinski definition) is 6. The number of hydrogen-bond donors (Lipinski definition) is 2. The van der Waals surface area contributed by atoms with E-state index < -0.39 is 0 Å². The normalized spacial score (nSPS) is 20.2. The fourth-order valence-electron chi connectivity index (χ4n) is 4.04. The summed E-state index contributed by atoms with van der Waals surface area (Å²) in [5.74, 6) is 0.523. The van der Waals surface area contributed by atoms with E-state index in [9.17, 15) is 0 Å². The van der Waals surface area contributed by atoms with E-state index in [2.05, 4.69) is 60.2 Å². The van der Waals surface area contributed by atoms with Gasteiger partial charge in [0.15, 0.2) is 0 Å². The van der Waals surface area contributed by atoms with Crippen molar-refractivity contribution in [3.63, 3.8) is 0 Å². The van der Waals surface area contributed by atoms with Gasteiger partial charge in [-0.15, -0.1) is 11.3 Å². The van der Waals surface area contributed by atoms with E-state index in [-0.39, 0.29) is 10.8 Å². The topological polar surface area (TPSA) is 66.5 Å². The SMILES string of the molecule is CC1(C)CCN2CCC(C)(C)c3cc(C=NNc4nc(N)cs4)cc1c32. The van der Waals surface area contributed by atoms with Gasteiger partial charge in [0.1, 0.15) is 5.82 Å². The number of nitrogen functional groups attached to an aromatic ring is 1. The summed E-state index contributed by atoms with van der Waals surface area (Å²) in [6.45, 7) is 11.8. The quantitative estimate of drug-likeness (QED) is 0.624. The summed E-state index contributed by atoms with van der Waals surface area (Å²) in [6.07, 6.45) is 4.28. The monoisotopic (exact) mass is 369 g/mol. The zero-order chi connectivity index (χ0) is 18.5. The Morgan fingerprint density at radius 1 is 1.15 bits per heavy atom. The molecule has 4 rings (SSSR count). The number of anilines is 3. The zero-order valence-electron chi connectivity index (χ0n) is 16.0. The minimum absolute atomic E-state index is 0.190. The molecule has 0 amide bonds. The first-order valence-electron chi connectivity index (χ1n) is 9.20. The summed E-state index contributed by atoms with van der Waals surface area (Å²) in [5, 5.41) is 6.90. The highest BCUT2D eigenvalue weighted by molar-refractivity contribution is 7.14. The van der Waals surface area contributed by atoms with E-state index in [0.717, 1.165) is 18.7 Å². The molecule has 3 heterocycles. The Morgan fingerprint density at radius 3 is 2.31 bits per heavy atom. The molecule has 0 radical (unpaired) electrons. The van der Waals surface area contributed by atoms with Crippen LogP contribution in [-0.2, 0) is 10.8 Å². The molecular formula is C20H27N5S. The average molecular weight is 370 g/mol. The maximum absolute atomic E-state index is 5.66.